The standard InChI is InChI=1S/C24H18F2N2O3/c25-17-9-10-18(26)19(13-17)28-22(16-7-4-12-27-14-16)21(23(30)24(28)31)20(29)11-8-15-5-2-1-3-6-15/h1-7,9-10,12-14,22,30H,8,11H2. The van der Waals surface area contributed by atoms with E-state index < -0.39 is 35.1 Å². The van der Waals surface area contributed by atoms with E-state index in [1.54, 1.807) is 12.1 Å². The van der Waals surface area contributed by atoms with Crippen LogP contribution in [0, 0.1) is 11.6 Å². The summed E-state index contributed by atoms with van der Waals surface area (Å²) in [5.74, 6) is -3.80. The lowest BCUT2D eigenvalue weighted by Crippen LogP contribution is -2.32. The predicted molar refractivity (Wildman–Crippen MR) is 110 cm³/mol. The number of aromatic nitrogens is 1. The van der Waals surface area contributed by atoms with E-state index in [4.69, 9.17) is 0 Å². The van der Waals surface area contributed by atoms with Crippen LogP contribution < -0.4 is 4.90 Å². The quantitative estimate of drug-likeness (QED) is 0.639. The molecule has 1 atom stereocenters. The Balaban J connectivity index is 1.75. The number of aliphatic hydroxyl groups is 1. The molecule has 0 radical (unpaired) electrons. The number of nitrogens with zero attached hydrogens (tertiary/aromatic N) is 2. The molecule has 1 aliphatic rings. The molecule has 156 valence electrons. The van der Waals surface area contributed by atoms with Crippen molar-refractivity contribution in [2.75, 3.05) is 4.90 Å². The molecule has 7 heteroatoms. The Morgan fingerprint density at radius 2 is 1.84 bits per heavy atom. The molecule has 31 heavy (non-hydrogen) atoms. The topological polar surface area (TPSA) is 70.5 Å². The molecule has 0 saturated carbocycles. The fourth-order valence-electron chi connectivity index (χ4n) is 3.70. The molecule has 0 saturated heterocycles. The number of ketones is 1. The second-order valence-corrected chi connectivity index (χ2v) is 7.13. The SMILES string of the molecule is O=C(CCc1ccccc1)C1=C(O)C(=O)N(c2cc(F)ccc2F)C1c1cccnc1. The van der Waals surface area contributed by atoms with Gasteiger partial charge in [0.2, 0.25) is 0 Å². The second kappa shape index (κ2) is 8.47. The van der Waals surface area contributed by atoms with Gasteiger partial charge in [0.15, 0.2) is 11.5 Å². The van der Waals surface area contributed by atoms with Gasteiger partial charge in [-0.25, -0.2) is 8.78 Å². The molecule has 4 rings (SSSR count). The molecular weight excluding hydrogens is 402 g/mol. The van der Waals surface area contributed by atoms with Gasteiger partial charge in [0.1, 0.15) is 11.6 Å². The Morgan fingerprint density at radius 1 is 1.06 bits per heavy atom. The number of anilines is 1. The van der Waals surface area contributed by atoms with Gasteiger partial charge in [-0.2, -0.15) is 0 Å². The van der Waals surface area contributed by atoms with Crippen molar-refractivity contribution in [3.63, 3.8) is 0 Å². The van der Waals surface area contributed by atoms with Gasteiger partial charge < -0.3 is 5.11 Å². The van der Waals surface area contributed by atoms with Gasteiger partial charge in [-0.15, -0.1) is 0 Å². The lowest BCUT2D eigenvalue weighted by Gasteiger charge is -2.27. The molecular formula is C24H18F2N2O3. The molecule has 1 unspecified atom stereocenters. The number of hydrogen-bond donors (Lipinski definition) is 1. The first kappa shape index (κ1) is 20.4. The van der Waals surface area contributed by atoms with Gasteiger partial charge in [0, 0.05) is 24.9 Å². The van der Waals surface area contributed by atoms with Gasteiger partial charge in [-0.3, -0.25) is 19.5 Å². The van der Waals surface area contributed by atoms with E-state index in [1.165, 1.54) is 12.4 Å². The van der Waals surface area contributed by atoms with Crippen molar-refractivity contribution in [1.82, 2.24) is 4.98 Å². The van der Waals surface area contributed by atoms with E-state index in [0.717, 1.165) is 28.7 Å². The highest BCUT2D eigenvalue weighted by molar-refractivity contribution is 6.16. The summed E-state index contributed by atoms with van der Waals surface area (Å²) in [7, 11) is 0. The molecule has 1 amide bonds. The van der Waals surface area contributed by atoms with Crippen LogP contribution >= 0.6 is 0 Å². The van der Waals surface area contributed by atoms with Crippen LogP contribution in [0.2, 0.25) is 0 Å². The fraction of sp³-hybridized carbons (Fsp3) is 0.125. The number of aryl methyl sites for hydroxylation is 1. The van der Waals surface area contributed by atoms with Crippen molar-refractivity contribution < 1.29 is 23.5 Å². The number of aliphatic hydroxyl groups excluding tert-OH is 1. The highest BCUT2D eigenvalue weighted by Gasteiger charge is 2.45. The van der Waals surface area contributed by atoms with Crippen molar-refractivity contribution in [2.24, 2.45) is 0 Å². The maximum atomic E-state index is 14.5. The molecule has 0 aliphatic carbocycles. The molecule has 1 N–H and O–H groups in total. The first-order valence-corrected chi connectivity index (χ1v) is 9.66. The van der Waals surface area contributed by atoms with Gasteiger partial charge in [0.25, 0.3) is 5.91 Å². The zero-order valence-corrected chi connectivity index (χ0v) is 16.3. The van der Waals surface area contributed by atoms with Gasteiger partial charge in [-0.05, 0) is 35.7 Å². The van der Waals surface area contributed by atoms with E-state index in [2.05, 4.69) is 4.98 Å². The summed E-state index contributed by atoms with van der Waals surface area (Å²) in [6, 6.07) is 14.1. The van der Waals surface area contributed by atoms with E-state index in [9.17, 15) is 23.5 Å². The minimum absolute atomic E-state index is 0.0346. The van der Waals surface area contributed by atoms with Crippen molar-refractivity contribution in [3.8, 4) is 0 Å². The van der Waals surface area contributed by atoms with Crippen LogP contribution in [-0.4, -0.2) is 21.8 Å². The molecule has 5 nitrogen and oxygen atoms in total. The maximum Gasteiger partial charge on any atom is 0.294 e. The number of amides is 1. The summed E-state index contributed by atoms with van der Waals surface area (Å²) in [6.45, 7) is 0. The lowest BCUT2D eigenvalue weighted by atomic mass is 9.94. The van der Waals surface area contributed by atoms with Gasteiger partial charge in [-0.1, -0.05) is 36.4 Å². The summed E-state index contributed by atoms with van der Waals surface area (Å²) in [5, 5.41) is 10.6. The predicted octanol–water partition coefficient (Wildman–Crippen LogP) is 4.46. The summed E-state index contributed by atoms with van der Waals surface area (Å²) in [5.41, 5.74) is 0.798. The second-order valence-electron chi connectivity index (χ2n) is 7.13. The molecule has 0 bridgehead atoms. The molecule has 0 fully saturated rings. The molecule has 1 aliphatic heterocycles. The van der Waals surface area contributed by atoms with Crippen LogP contribution in [0.5, 0.6) is 0 Å². The van der Waals surface area contributed by atoms with Gasteiger partial charge >= 0.3 is 0 Å². The third kappa shape index (κ3) is 3.94. The Bertz CT molecular complexity index is 1160. The molecule has 2 heterocycles. The van der Waals surface area contributed by atoms with Crippen LogP contribution in [0.1, 0.15) is 23.6 Å². The van der Waals surface area contributed by atoms with E-state index in [1.807, 2.05) is 30.3 Å². The van der Waals surface area contributed by atoms with Crippen LogP contribution in [0.25, 0.3) is 0 Å². The normalized spacial score (nSPS) is 16.1. The fourth-order valence-corrected chi connectivity index (χ4v) is 3.70. The zero-order valence-electron chi connectivity index (χ0n) is 16.3. The highest BCUT2D eigenvalue weighted by Crippen LogP contribution is 2.42. The first-order chi connectivity index (χ1) is 15.0. The number of rotatable bonds is 6. The minimum atomic E-state index is -1.12. The average molecular weight is 420 g/mol. The Hall–Kier alpha value is -3.87. The van der Waals surface area contributed by atoms with Crippen molar-refractivity contribution in [3.05, 3.63) is 107 Å². The Labute approximate surface area is 177 Å². The number of benzene rings is 2. The van der Waals surface area contributed by atoms with Crippen LogP contribution in [0.3, 0.4) is 0 Å². The van der Waals surface area contributed by atoms with Crippen molar-refractivity contribution in [1.29, 1.82) is 0 Å². The number of carbonyl (C=O) groups excluding carboxylic acids is 2. The number of carbonyl (C=O) groups is 2. The van der Waals surface area contributed by atoms with Crippen molar-refractivity contribution in [2.45, 2.75) is 18.9 Å². The number of hydrogen-bond acceptors (Lipinski definition) is 4. The first-order valence-electron chi connectivity index (χ1n) is 9.66. The third-order valence-electron chi connectivity index (χ3n) is 5.16. The monoisotopic (exact) mass is 420 g/mol. The van der Waals surface area contributed by atoms with Crippen LogP contribution in [0.15, 0.2) is 84.4 Å². The summed E-state index contributed by atoms with van der Waals surface area (Å²) in [6.07, 6.45) is 3.37. The summed E-state index contributed by atoms with van der Waals surface area (Å²) in [4.78, 5) is 30.9. The van der Waals surface area contributed by atoms with E-state index in [-0.39, 0.29) is 17.7 Å². The van der Waals surface area contributed by atoms with E-state index >= 15 is 0 Å². The Kier molecular flexibility index (Phi) is 5.58. The zero-order chi connectivity index (χ0) is 22.0. The van der Waals surface area contributed by atoms with E-state index in [0.29, 0.717) is 12.0 Å². The third-order valence-corrected chi connectivity index (χ3v) is 5.16. The van der Waals surface area contributed by atoms with Crippen LogP contribution in [-0.2, 0) is 16.0 Å². The number of Topliss-reactive ketones (excluding diaryl/α,β-unsaturated/α-hetero) is 1. The molecule has 0 spiro atoms. The van der Waals surface area contributed by atoms with Crippen molar-refractivity contribution >= 4 is 17.4 Å². The molecule has 3 aromatic rings. The molecule has 2 aromatic carbocycles. The average Bonchev–Trinajstić information content (AvgIpc) is 3.06. The summed E-state index contributed by atoms with van der Waals surface area (Å²) >= 11 is 0. The minimum Gasteiger partial charge on any atom is -0.503 e. The van der Waals surface area contributed by atoms with Crippen LogP contribution in [0.4, 0.5) is 14.5 Å². The summed E-state index contributed by atoms with van der Waals surface area (Å²) < 4.78 is 28.4. The largest absolute Gasteiger partial charge is 0.503 e. The lowest BCUT2D eigenvalue weighted by molar-refractivity contribution is -0.118. The highest BCUT2D eigenvalue weighted by atomic mass is 19.1. The maximum absolute atomic E-state index is 14.5. The number of halogens is 2. The van der Waals surface area contributed by atoms with Gasteiger partial charge in [0.05, 0.1) is 17.3 Å². The Morgan fingerprint density at radius 3 is 2.55 bits per heavy atom. The number of pyridine rings is 1. The molecule has 1 aromatic heterocycles. The smallest absolute Gasteiger partial charge is 0.294 e.